The van der Waals surface area contributed by atoms with Crippen molar-refractivity contribution in [3.8, 4) is 0 Å². The maximum absolute atomic E-state index is 13.5. The van der Waals surface area contributed by atoms with Crippen LogP contribution in [0.5, 0.6) is 0 Å². The fourth-order valence-electron chi connectivity index (χ4n) is 4.49. The van der Waals surface area contributed by atoms with Gasteiger partial charge >= 0.3 is 6.18 Å². The van der Waals surface area contributed by atoms with Gasteiger partial charge in [0, 0.05) is 15.7 Å². The smallest absolute Gasteiger partial charge is 0.324 e. The molecule has 170 valence electrons. The van der Waals surface area contributed by atoms with Crippen molar-refractivity contribution in [2.75, 3.05) is 5.32 Å². The highest BCUT2D eigenvalue weighted by Gasteiger charge is 2.41. The van der Waals surface area contributed by atoms with Crippen molar-refractivity contribution in [1.29, 1.82) is 0 Å². The first-order chi connectivity index (χ1) is 15.7. The molecule has 4 nitrogen and oxygen atoms in total. The first-order valence-electron chi connectivity index (χ1n) is 10.4. The third-order valence-electron chi connectivity index (χ3n) is 5.87. The van der Waals surface area contributed by atoms with Gasteiger partial charge in [0.1, 0.15) is 6.04 Å². The molecule has 0 saturated heterocycles. The summed E-state index contributed by atoms with van der Waals surface area (Å²) in [6.45, 7) is 2.14. The maximum Gasteiger partial charge on any atom is 0.453 e. The zero-order valence-electron chi connectivity index (χ0n) is 17.5. The minimum Gasteiger partial charge on any atom is -0.324 e. The summed E-state index contributed by atoms with van der Waals surface area (Å²) in [6, 6.07) is 14.0. The molecule has 9 heteroatoms. The van der Waals surface area contributed by atoms with E-state index in [1.54, 1.807) is 12.1 Å². The average Bonchev–Trinajstić information content (AvgIpc) is 3.19. The fraction of sp³-hybridized carbons (Fsp3) is 0.250. The standard InChI is InChI=1S/C24H19Cl2F3N4/c1-13-10-16(12-14-2-6-17(25)7-3-14)20-19(11-13)21(15-4-8-18(26)9-5-15)33-23(30-20)31-22(32-33)24(27,28)29/h2-9,12-13,21H,10-11H2,1H3,(H,30,31,32)/b16-12+. The normalized spacial score (nSPS) is 21.6. The Balaban J connectivity index is 1.68. The van der Waals surface area contributed by atoms with E-state index in [1.807, 2.05) is 42.5 Å². The highest BCUT2D eigenvalue weighted by Crippen LogP contribution is 2.46. The molecule has 5 rings (SSSR count). The lowest BCUT2D eigenvalue weighted by Gasteiger charge is -2.36. The van der Waals surface area contributed by atoms with Gasteiger partial charge in [-0.2, -0.15) is 18.2 Å². The molecule has 0 bridgehead atoms. The molecule has 1 aliphatic heterocycles. The highest BCUT2D eigenvalue weighted by atomic mass is 35.5. The minimum atomic E-state index is -4.65. The zero-order chi connectivity index (χ0) is 23.3. The fourth-order valence-corrected chi connectivity index (χ4v) is 4.74. The first kappa shape index (κ1) is 22.0. The Labute approximate surface area is 198 Å². The van der Waals surface area contributed by atoms with Crippen LogP contribution in [0.15, 0.2) is 65.4 Å². The van der Waals surface area contributed by atoms with Crippen molar-refractivity contribution < 1.29 is 13.2 Å². The quantitative estimate of drug-likeness (QED) is 0.407. The van der Waals surface area contributed by atoms with Gasteiger partial charge in [-0.1, -0.05) is 54.4 Å². The molecule has 0 radical (unpaired) electrons. The van der Waals surface area contributed by atoms with Gasteiger partial charge < -0.3 is 5.32 Å². The van der Waals surface area contributed by atoms with E-state index in [1.165, 1.54) is 4.68 Å². The molecular formula is C24H19Cl2F3N4. The summed E-state index contributed by atoms with van der Waals surface area (Å²) in [5, 5.41) is 8.20. The summed E-state index contributed by atoms with van der Waals surface area (Å²) >= 11 is 12.1. The number of nitrogens with one attached hydrogen (secondary N) is 1. The van der Waals surface area contributed by atoms with E-state index in [2.05, 4.69) is 22.3 Å². The Bertz CT molecular complexity index is 1260. The van der Waals surface area contributed by atoms with Crippen molar-refractivity contribution in [2.24, 2.45) is 5.92 Å². The number of alkyl halides is 3. The topological polar surface area (TPSA) is 42.7 Å². The minimum absolute atomic E-state index is 0.0672. The second-order valence-electron chi connectivity index (χ2n) is 8.42. The molecule has 2 heterocycles. The molecule has 1 aromatic heterocycles. The molecule has 1 N–H and O–H groups in total. The van der Waals surface area contributed by atoms with Gasteiger partial charge in [-0.05, 0) is 71.4 Å². The Morgan fingerprint density at radius 1 is 1.00 bits per heavy atom. The maximum atomic E-state index is 13.5. The van der Waals surface area contributed by atoms with Gasteiger partial charge in [0.2, 0.25) is 5.95 Å². The van der Waals surface area contributed by atoms with Gasteiger partial charge in [0.05, 0.1) is 0 Å². The summed E-state index contributed by atoms with van der Waals surface area (Å²) in [5.41, 5.74) is 4.54. The van der Waals surface area contributed by atoms with Crippen LogP contribution in [0.25, 0.3) is 6.08 Å². The molecule has 2 aromatic carbocycles. The van der Waals surface area contributed by atoms with Gasteiger partial charge in [0.25, 0.3) is 5.82 Å². The predicted molar refractivity (Wildman–Crippen MR) is 123 cm³/mol. The summed E-state index contributed by atoms with van der Waals surface area (Å²) in [7, 11) is 0. The molecule has 2 unspecified atom stereocenters. The van der Waals surface area contributed by atoms with Gasteiger partial charge in [-0.15, -0.1) is 5.10 Å². The Morgan fingerprint density at radius 3 is 2.27 bits per heavy atom. The van der Waals surface area contributed by atoms with Crippen LogP contribution in [-0.2, 0) is 6.18 Å². The average molecular weight is 491 g/mol. The lowest BCUT2D eigenvalue weighted by molar-refractivity contribution is -0.145. The Kier molecular flexibility index (Phi) is 5.49. The lowest BCUT2D eigenvalue weighted by Crippen LogP contribution is -2.30. The van der Waals surface area contributed by atoms with Crippen LogP contribution in [-0.4, -0.2) is 14.8 Å². The number of anilines is 1. The number of fused-ring (bicyclic) bond motifs is 1. The molecule has 2 atom stereocenters. The molecule has 1 aliphatic carbocycles. The predicted octanol–water partition coefficient (Wildman–Crippen LogP) is 7.39. The highest BCUT2D eigenvalue weighted by molar-refractivity contribution is 6.30. The van der Waals surface area contributed by atoms with Crippen molar-refractivity contribution in [2.45, 2.75) is 32.0 Å². The summed E-state index contributed by atoms with van der Waals surface area (Å²) in [5.74, 6) is -0.802. The molecule has 3 aromatic rings. The van der Waals surface area contributed by atoms with Crippen LogP contribution in [0, 0.1) is 5.92 Å². The summed E-state index contributed by atoms with van der Waals surface area (Å²) in [6.07, 6.45) is -1.10. The number of nitrogens with zero attached hydrogens (tertiary/aromatic N) is 3. The second kappa shape index (κ2) is 8.22. The van der Waals surface area contributed by atoms with Crippen molar-refractivity contribution in [3.63, 3.8) is 0 Å². The van der Waals surface area contributed by atoms with E-state index in [9.17, 15) is 13.2 Å². The monoisotopic (exact) mass is 490 g/mol. The van der Waals surface area contributed by atoms with Crippen molar-refractivity contribution in [1.82, 2.24) is 14.8 Å². The van der Waals surface area contributed by atoms with Crippen LogP contribution in [0.2, 0.25) is 10.0 Å². The SMILES string of the molecule is CC1CC2=C(Nc3nc(C(F)(F)F)nn3C2c2ccc(Cl)cc2)/C(=C/c2ccc(Cl)cc2)C1. The summed E-state index contributed by atoms with van der Waals surface area (Å²) < 4.78 is 41.7. The van der Waals surface area contributed by atoms with E-state index >= 15 is 0 Å². The number of benzene rings is 2. The van der Waals surface area contributed by atoms with Crippen LogP contribution < -0.4 is 5.32 Å². The van der Waals surface area contributed by atoms with Crippen molar-refractivity contribution >= 4 is 35.2 Å². The largest absolute Gasteiger partial charge is 0.453 e. The van der Waals surface area contributed by atoms with E-state index < -0.39 is 18.0 Å². The van der Waals surface area contributed by atoms with E-state index in [0.29, 0.717) is 22.4 Å². The van der Waals surface area contributed by atoms with Crippen LogP contribution in [0.3, 0.4) is 0 Å². The van der Waals surface area contributed by atoms with Crippen LogP contribution >= 0.6 is 23.2 Å². The Hall–Kier alpha value is -2.77. The molecule has 0 amide bonds. The van der Waals surface area contributed by atoms with Gasteiger partial charge in [-0.25, -0.2) is 4.68 Å². The van der Waals surface area contributed by atoms with E-state index in [4.69, 9.17) is 23.2 Å². The molecule has 33 heavy (non-hydrogen) atoms. The molecule has 0 saturated carbocycles. The van der Waals surface area contributed by atoms with Gasteiger partial charge in [-0.3, -0.25) is 0 Å². The zero-order valence-corrected chi connectivity index (χ0v) is 19.0. The number of hydrogen-bond acceptors (Lipinski definition) is 3. The second-order valence-corrected chi connectivity index (χ2v) is 9.29. The number of hydrogen-bond donors (Lipinski definition) is 1. The van der Waals surface area contributed by atoms with Crippen LogP contribution in [0.4, 0.5) is 19.1 Å². The number of aromatic nitrogens is 3. The third kappa shape index (κ3) is 4.27. The van der Waals surface area contributed by atoms with E-state index in [0.717, 1.165) is 34.4 Å². The number of allylic oxidation sites excluding steroid dienone is 2. The molecule has 0 spiro atoms. The first-order valence-corrected chi connectivity index (χ1v) is 11.2. The number of halogens is 5. The summed E-state index contributed by atoms with van der Waals surface area (Å²) in [4.78, 5) is 3.79. The number of rotatable bonds is 2. The molecular weight excluding hydrogens is 472 g/mol. The van der Waals surface area contributed by atoms with E-state index in [-0.39, 0.29) is 5.95 Å². The van der Waals surface area contributed by atoms with Crippen molar-refractivity contribution in [3.05, 3.63) is 92.4 Å². The molecule has 2 aliphatic rings. The Morgan fingerprint density at radius 2 is 1.64 bits per heavy atom. The van der Waals surface area contributed by atoms with Crippen LogP contribution in [0.1, 0.15) is 42.8 Å². The van der Waals surface area contributed by atoms with Gasteiger partial charge in [0.15, 0.2) is 0 Å². The third-order valence-corrected chi connectivity index (χ3v) is 6.38. The molecule has 0 fully saturated rings. The lowest BCUT2D eigenvalue weighted by atomic mass is 9.78.